The van der Waals surface area contributed by atoms with Crippen molar-refractivity contribution in [1.82, 2.24) is 20.5 Å². The van der Waals surface area contributed by atoms with Gasteiger partial charge in [-0.15, -0.1) is 11.3 Å². The zero-order valence-electron chi connectivity index (χ0n) is 17.7. The van der Waals surface area contributed by atoms with E-state index in [1.165, 1.54) is 9.88 Å². The van der Waals surface area contributed by atoms with E-state index in [2.05, 4.69) is 40.4 Å². The summed E-state index contributed by atoms with van der Waals surface area (Å²) in [5.74, 6) is 2.74. The maximum atomic E-state index is 5.94. The fraction of sp³-hybridized carbons (Fsp3) is 0.619. The summed E-state index contributed by atoms with van der Waals surface area (Å²) in [5, 5.41) is 7.96. The Morgan fingerprint density at radius 3 is 2.76 bits per heavy atom. The highest BCUT2D eigenvalue weighted by Gasteiger charge is 2.25. The van der Waals surface area contributed by atoms with Crippen molar-refractivity contribution >= 4 is 17.3 Å². The lowest BCUT2D eigenvalue weighted by atomic mass is 10.1. The van der Waals surface area contributed by atoms with E-state index in [1.54, 1.807) is 11.3 Å². The molecule has 2 aromatic rings. The lowest BCUT2D eigenvalue weighted by molar-refractivity contribution is 0.0135. The highest BCUT2D eigenvalue weighted by atomic mass is 32.1. The molecular weight excluding hydrogens is 386 g/mol. The third kappa shape index (κ3) is 6.55. The summed E-state index contributed by atoms with van der Waals surface area (Å²) < 4.78 is 11.5. The summed E-state index contributed by atoms with van der Waals surface area (Å²) in [4.78, 5) is 13.1. The molecule has 0 saturated carbocycles. The number of furan rings is 1. The molecule has 29 heavy (non-hydrogen) atoms. The standard InChI is InChI=1S/C21H33N5O2S/c1-4-17-14-24-20(29-17)8-9-23-21(22-5-2)25-15-18(19-7-6-16(3)28-19)26-10-12-27-13-11-26/h6-7,14,18H,4-5,8-13,15H2,1-3H3,(H2,22,23,25). The van der Waals surface area contributed by atoms with Crippen LogP contribution in [0.15, 0.2) is 27.7 Å². The minimum absolute atomic E-state index is 0.120. The van der Waals surface area contributed by atoms with Gasteiger partial charge in [-0.05, 0) is 32.4 Å². The molecule has 0 aliphatic carbocycles. The predicted octanol–water partition coefficient (Wildman–Crippen LogP) is 2.78. The number of rotatable bonds is 9. The molecule has 0 radical (unpaired) electrons. The fourth-order valence-corrected chi connectivity index (χ4v) is 4.20. The smallest absolute Gasteiger partial charge is 0.191 e. The highest BCUT2D eigenvalue weighted by Crippen LogP contribution is 2.24. The first kappa shape index (κ1) is 21.8. The van der Waals surface area contributed by atoms with Gasteiger partial charge in [0.05, 0.1) is 30.8 Å². The molecule has 0 spiro atoms. The van der Waals surface area contributed by atoms with Gasteiger partial charge >= 0.3 is 0 Å². The number of guanidine groups is 1. The van der Waals surface area contributed by atoms with Gasteiger partial charge in [0.25, 0.3) is 0 Å². The maximum Gasteiger partial charge on any atom is 0.191 e. The van der Waals surface area contributed by atoms with E-state index in [0.29, 0.717) is 6.54 Å². The Labute approximate surface area is 177 Å². The molecule has 7 nitrogen and oxygen atoms in total. The molecule has 1 aliphatic heterocycles. The van der Waals surface area contributed by atoms with E-state index in [1.807, 2.05) is 19.2 Å². The van der Waals surface area contributed by atoms with Crippen LogP contribution in [0.25, 0.3) is 0 Å². The molecule has 1 saturated heterocycles. The number of nitrogens with zero attached hydrogens (tertiary/aromatic N) is 3. The van der Waals surface area contributed by atoms with E-state index in [-0.39, 0.29) is 6.04 Å². The average molecular weight is 420 g/mol. The van der Waals surface area contributed by atoms with Crippen LogP contribution in [0.2, 0.25) is 0 Å². The van der Waals surface area contributed by atoms with E-state index in [0.717, 1.165) is 69.7 Å². The van der Waals surface area contributed by atoms with E-state index in [9.17, 15) is 0 Å². The largest absolute Gasteiger partial charge is 0.465 e. The second-order valence-corrected chi connectivity index (χ2v) is 8.28. The minimum Gasteiger partial charge on any atom is -0.465 e. The summed E-state index contributed by atoms with van der Waals surface area (Å²) in [6.07, 6.45) is 3.93. The fourth-order valence-electron chi connectivity index (χ4n) is 3.34. The second kappa shape index (κ2) is 11.3. The number of nitrogens with one attached hydrogen (secondary N) is 2. The first-order valence-corrected chi connectivity index (χ1v) is 11.3. The molecule has 2 N–H and O–H groups in total. The molecule has 8 heteroatoms. The summed E-state index contributed by atoms with van der Waals surface area (Å²) in [5.41, 5.74) is 0. The number of aromatic nitrogens is 1. The number of hydrogen-bond acceptors (Lipinski definition) is 6. The number of thiazole rings is 1. The Morgan fingerprint density at radius 1 is 1.28 bits per heavy atom. The molecule has 0 bridgehead atoms. The molecular formula is C21H33N5O2S. The monoisotopic (exact) mass is 419 g/mol. The number of aryl methyl sites for hydroxylation is 2. The van der Waals surface area contributed by atoms with Crippen molar-refractivity contribution in [2.75, 3.05) is 45.9 Å². The molecule has 0 aromatic carbocycles. The zero-order valence-corrected chi connectivity index (χ0v) is 18.6. The van der Waals surface area contributed by atoms with Crippen molar-refractivity contribution in [3.8, 4) is 0 Å². The SMILES string of the molecule is CCNC(=NCC(c1ccc(C)o1)N1CCOCC1)NCCc1ncc(CC)s1. The molecule has 3 heterocycles. The predicted molar refractivity (Wildman–Crippen MR) is 118 cm³/mol. The zero-order chi connectivity index (χ0) is 20.5. The van der Waals surface area contributed by atoms with Crippen molar-refractivity contribution < 1.29 is 9.15 Å². The molecule has 160 valence electrons. The van der Waals surface area contributed by atoms with Crippen LogP contribution in [0.3, 0.4) is 0 Å². The van der Waals surface area contributed by atoms with Crippen molar-refractivity contribution in [2.45, 2.75) is 39.7 Å². The van der Waals surface area contributed by atoms with Crippen molar-refractivity contribution in [3.63, 3.8) is 0 Å². The third-order valence-corrected chi connectivity index (χ3v) is 6.13. The molecule has 1 unspecified atom stereocenters. The van der Waals surface area contributed by atoms with Gasteiger partial charge in [-0.25, -0.2) is 4.98 Å². The maximum absolute atomic E-state index is 5.94. The van der Waals surface area contributed by atoms with Crippen LogP contribution < -0.4 is 10.6 Å². The van der Waals surface area contributed by atoms with Crippen LogP contribution in [0.1, 0.15) is 41.3 Å². The van der Waals surface area contributed by atoms with Gasteiger partial charge < -0.3 is 19.8 Å². The lowest BCUT2D eigenvalue weighted by Crippen LogP contribution is -2.42. The molecule has 1 atom stereocenters. The summed E-state index contributed by atoms with van der Waals surface area (Å²) in [6.45, 7) is 11.8. The molecule has 3 rings (SSSR count). The van der Waals surface area contributed by atoms with Crippen LogP contribution in [0.4, 0.5) is 0 Å². The van der Waals surface area contributed by atoms with Crippen LogP contribution in [-0.2, 0) is 17.6 Å². The van der Waals surface area contributed by atoms with Crippen molar-refractivity contribution in [2.24, 2.45) is 4.99 Å². The Bertz CT molecular complexity index is 767. The summed E-state index contributed by atoms with van der Waals surface area (Å²) in [6, 6.07) is 4.21. The highest BCUT2D eigenvalue weighted by molar-refractivity contribution is 7.11. The first-order chi connectivity index (χ1) is 14.2. The van der Waals surface area contributed by atoms with Gasteiger partial charge in [-0.2, -0.15) is 0 Å². The molecule has 0 amide bonds. The number of ether oxygens (including phenoxy) is 1. The van der Waals surface area contributed by atoms with E-state index >= 15 is 0 Å². The van der Waals surface area contributed by atoms with Gasteiger partial charge in [0.15, 0.2) is 5.96 Å². The molecule has 1 aliphatic rings. The van der Waals surface area contributed by atoms with Gasteiger partial charge in [-0.3, -0.25) is 9.89 Å². The molecule has 1 fully saturated rings. The number of aliphatic imine (C=N–C) groups is 1. The lowest BCUT2D eigenvalue weighted by Gasteiger charge is -2.32. The van der Waals surface area contributed by atoms with Gasteiger partial charge in [0.1, 0.15) is 11.5 Å². The van der Waals surface area contributed by atoms with Crippen molar-refractivity contribution in [1.29, 1.82) is 0 Å². The third-order valence-electron chi connectivity index (χ3n) is 4.92. The Hall–Kier alpha value is -1.90. The van der Waals surface area contributed by atoms with Gasteiger partial charge in [-0.1, -0.05) is 6.92 Å². The van der Waals surface area contributed by atoms with E-state index < -0.39 is 0 Å². The van der Waals surface area contributed by atoms with Crippen LogP contribution in [0, 0.1) is 6.92 Å². The summed E-state index contributed by atoms with van der Waals surface area (Å²) in [7, 11) is 0. The van der Waals surface area contributed by atoms with E-state index in [4.69, 9.17) is 14.1 Å². The topological polar surface area (TPSA) is 74.9 Å². The van der Waals surface area contributed by atoms with Crippen LogP contribution >= 0.6 is 11.3 Å². The van der Waals surface area contributed by atoms with Gasteiger partial charge in [0.2, 0.25) is 0 Å². The normalized spacial score (nSPS) is 16.7. The van der Waals surface area contributed by atoms with Crippen LogP contribution in [-0.4, -0.2) is 61.8 Å². The van der Waals surface area contributed by atoms with Crippen LogP contribution in [0.5, 0.6) is 0 Å². The Balaban J connectivity index is 1.61. The Morgan fingerprint density at radius 2 is 2.10 bits per heavy atom. The average Bonchev–Trinajstić information content (AvgIpc) is 3.38. The van der Waals surface area contributed by atoms with Gasteiger partial charge in [0, 0.05) is 43.7 Å². The minimum atomic E-state index is 0.120. The summed E-state index contributed by atoms with van der Waals surface area (Å²) >= 11 is 1.79. The first-order valence-electron chi connectivity index (χ1n) is 10.5. The Kier molecular flexibility index (Phi) is 8.52. The quantitative estimate of drug-likeness (QED) is 0.481. The van der Waals surface area contributed by atoms with Crippen molar-refractivity contribution in [3.05, 3.63) is 39.7 Å². The molecule has 2 aromatic heterocycles. The number of morpholine rings is 1. The second-order valence-electron chi connectivity index (χ2n) is 7.08. The number of hydrogen-bond donors (Lipinski definition) is 2.